The molecular formula is C37H54N2O5S. The van der Waals surface area contributed by atoms with Crippen molar-refractivity contribution in [2.24, 2.45) is 17.3 Å². The van der Waals surface area contributed by atoms with E-state index in [0.717, 1.165) is 31.2 Å². The molecule has 3 heterocycles. The molecule has 0 aromatic heterocycles. The Morgan fingerprint density at radius 3 is 2.42 bits per heavy atom. The lowest BCUT2D eigenvalue weighted by atomic mass is 9.66. The Hall–Kier alpha value is -2.58. The van der Waals surface area contributed by atoms with Gasteiger partial charge >= 0.3 is 5.97 Å². The number of aliphatic hydroxyl groups excluding tert-OH is 1. The van der Waals surface area contributed by atoms with Crippen molar-refractivity contribution in [2.75, 3.05) is 19.8 Å². The second kappa shape index (κ2) is 13.6. The predicted octanol–water partition coefficient (Wildman–Crippen LogP) is 6.20. The molecule has 3 aliphatic rings. The monoisotopic (exact) mass is 638 g/mol. The molecule has 2 amide bonds. The van der Waals surface area contributed by atoms with E-state index >= 15 is 4.79 Å². The van der Waals surface area contributed by atoms with E-state index in [0.29, 0.717) is 32.4 Å². The van der Waals surface area contributed by atoms with Crippen molar-refractivity contribution in [1.29, 1.82) is 0 Å². The number of amides is 2. The van der Waals surface area contributed by atoms with Gasteiger partial charge in [-0.2, -0.15) is 0 Å². The molecule has 0 radical (unpaired) electrons. The number of benzene rings is 1. The summed E-state index contributed by atoms with van der Waals surface area (Å²) in [5.41, 5.74) is 0.390. The summed E-state index contributed by atoms with van der Waals surface area (Å²) in [7, 11) is 0. The van der Waals surface area contributed by atoms with Gasteiger partial charge in [0, 0.05) is 16.8 Å². The highest BCUT2D eigenvalue weighted by molar-refractivity contribution is 8.02. The van der Waals surface area contributed by atoms with Gasteiger partial charge in [0.15, 0.2) is 0 Å². The number of aliphatic hydroxyl groups is 1. The molecule has 3 saturated heterocycles. The molecule has 45 heavy (non-hydrogen) atoms. The number of hydrogen-bond acceptors (Lipinski definition) is 6. The van der Waals surface area contributed by atoms with Crippen LogP contribution in [0.2, 0.25) is 0 Å². The molecule has 8 heteroatoms. The van der Waals surface area contributed by atoms with E-state index < -0.39 is 39.0 Å². The van der Waals surface area contributed by atoms with Gasteiger partial charge < -0.3 is 19.6 Å². The number of fused-ring (bicyclic) bond motifs is 1. The van der Waals surface area contributed by atoms with Crippen LogP contribution in [0.3, 0.4) is 0 Å². The number of thioether (sulfide) groups is 1. The van der Waals surface area contributed by atoms with Crippen LogP contribution in [-0.2, 0) is 25.5 Å². The van der Waals surface area contributed by atoms with Crippen LogP contribution in [0.25, 0.3) is 0 Å². The van der Waals surface area contributed by atoms with Gasteiger partial charge in [-0.05, 0) is 76.7 Å². The maximum Gasteiger partial charge on any atom is 0.311 e. The summed E-state index contributed by atoms with van der Waals surface area (Å²) in [6.07, 6.45) is 8.58. The Labute approximate surface area is 274 Å². The van der Waals surface area contributed by atoms with E-state index in [9.17, 15) is 14.7 Å². The largest absolute Gasteiger partial charge is 0.465 e. The SMILES string of the molecule is C=CCCCCOC(=O)[C@H]1[C@H]2C(=O)N([C@@H](CO)Cc3ccccc3)C(C(=O)N(CC=C)C(C)(C)CC(C)(C)C)C23CC[C@]1(C)S3. The van der Waals surface area contributed by atoms with Crippen LogP contribution >= 0.6 is 11.8 Å². The van der Waals surface area contributed by atoms with Gasteiger partial charge in [0.25, 0.3) is 0 Å². The normalized spacial score (nSPS) is 28.1. The number of esters is 1. The summed E-state index contributed by atoms with van der Waals surface area (Å²) in [4.78, 5) is 47.3. The summed E-state index contributed by atoms with van der Waals surface area (Å²) >= 11 is 1.64. The third-order valence-corrected chi connectivity index (χ3v) is 11.9. The number of carbonyl (C=O) groups is 3. The van der Waals surface area contributed by atoms with Crippen molar-refractivity contribution in [3.05, 3.63) is 61.2 Å². The molecule has 1 N–H and O–H groups in total. The van der Waals surface area contributed by atoms with E-state index in [2.05, 4.69) is 54.7 Å². The molecule has 3 aliphatic heterocycles. The smallest absolute Gasteiger partial charge is 0.311 e. The fourth-order valence-electron chi connectivity index (χ4n) is 8.49. The van der Waals surface area contributed by atoms with Gasteiger partial charge in [-0.25, -0.2) is 0 Å². The topological polar surface area (TPSA) is 87.1 Å². The highest BCUT2D eigenvalue weighted by atomic mass is 32.2. The number of rotatable bonds is 15. The molecule has 2 unspecified atom stereocenters. The van der Waals surface area contributed by atoms with Gasteiger partial charge in [0.1, 0.15) is 6.04 Å². The number of likely N-dealkylation sites (tertiary alicyclic amines) is 1. The van der Waals surface area contributed by atoms with E-state index in [1.807, 2.05) is 41.3 Å². The molecule has 1 spiro atoms. The molecule has 4 rings (SSSR count). The quantitative estimate of drug-likeness (QED) is 0.140. The first-order valence-electron chi connectivity index (χ1n) is 16.5. The molecule has 1 aromatic carbocycles. The fraction of sp³-hybridized carbons (Fsp3) is 0.649. The van der Waals surface area contributed by atoms with Crippen LogP contribution < -0.4 is 0 Å². The fourth-order valence-corrected chi connectivity index (χ4v) is 10.8. The first kappa shape index (κ1) is 35.3. The van der Waals surface area contributed by atoms with Crippen LogP contribution in [0.1, 0.15) is 85.6 Å². The van der Waals surface area contributed by atoms with Crippen molar-refractivity contribution >= 4 is 29.5 Å². The number of ether oxygens (including phenoxy) is 1. The van der Waals surface area contributed by atoms with Gasteiger partial charge in [-0.15, -0.1) is 24.9 Å². The van der Waals surface area contributed by atoms with E-state index in [4.69, 9.17) is 4.74 Å². The summed E-state index contributed by atoms with van der Waals surface area (Å²) in [5.74, 6) is -2.06. The van der Waals surface area contributed by atoms with E-state index in [1.54, 1.807) is 22.7 Å². The number of allylic oxidation sites excluding steroid dienone is 1. The van der Waals surface area contributed by atoms with Gasteiger partial charge in [0.05, 0.1) is 35.8 Å². The summed E-state index contributed by atoms with van der Waals surface area (Å²) in [6, 6.07) is 8.31. The van der Waals surface area contributed by atoms with Crippen LogP contribution in [0.4, 0.5) is 0 Å². The minimum absolute atomic E-state index is 0.0509. The Balaban J connectivity index is 1.78. The van der Waals surface area contributed by atoms with Gasteiger partial charge in [-0.1, -0.05) is 63.3 Å². The second-order valence-corrected chi connectivity index (χ2v) is 17.1. The zero-order valence-corrected chi connectivity index (χ0v) is 29.0. The number of unbranched alkanes of at least 4 members (excludes halogenated alkanes) is 2. The molecule has 2 bridgehead atoms. The Morgan fingerprint density at radius 1 is 1.13 bits per heavy atom. The first-order valence-corrected chi connectivity index (χ1v) is 17.3. The average molecular weight is 639 g/mol. The Bertz CT molecular complexity index is 1260. The predicted molar refractivity (Wildman–Crippen MR) is 182 cm³/mol. The van der Waals surface area contributed by atoms with Crippen molar-refractivity contribution in [3.63, 3.8) is 0 Å². The van der Waals surface area contributed by atoms with Crippen molar-refractivity contribution < 1.29 is 24.2 Å². The first-order chi connectivity index (χ1) is 21.2. The number of hydrogen-bond donors (Lipinski definition) is 1. The summed E-state index contributed by atoms with van der Waals surface area (Å²) < 4.78 is 4.53. The molecular weight excluding hydrogens is 584 g/mol. The summed E-state index contributed by atoms with van der Waals surface area (Å²) in [5, 5.41) is 10.8. The number of carbonyl (C=O) groups excluding carboxylic acids is 3. The van der Waals surface area contributed by atoms with E-state index in [1.165, 1.54) is 0 Å². The third kappa shape index (κ3) is 6.92. The van der Waals surface area contributed by atoms with Gasteiger partial charge in [0.2, 0.25) is 11.8 Å². The minimum Gasteiger partial charge on any atom is -0.465 e. The molecule has 0 saturated carbocycles. The highest BCUT2D eigenvalue weighted by Crippen LogP contribution is 2.72. The zero-order valence-electron chi connectivity index (χ0n) is 28.2. The number of nitrogens with zero attached hydrogens (tertiary/aromatic N) is 2. The van der Waals surface area contributed by atoms with Crippen molar-refractivity contribution in [2.45, 2.75) is 114 Å². The molecule has 6 atom stereocenters. The maximum absolute atomic E-state index is 15.1. The summed E-state index contributed by atoms with van der Waals surface area (Å²) in [6.45, 7) is 20.8. The lowest BCUT2D eigenvalue weighted by Crippen LogP contribution is -2.61. The van der Waals surface area contributed by atoms with E-state index in [-0.39, 0.29) is 29.8 Å². The third-order valence-electron chi connectivity index (χ3n) is 9.94. The lowest BCUT2D eigenvalue weighted by Gasteiger charge is -2.46. The molecule has 3 fully saturated rings. The molecule has 1 aromatic rings. The Kier molecular flexibility index (Phi) is 10.7. The lowest BCUT2D eigenvalue weighted by molar-refractivity contribution is -0.156. The maximum atomic E-state index is 15.1. The Morgan fingerprint density at radius 2 is 1.82 bits per heavy atom. The van der Waals surface area contributed by atoms with Crippen LogP contribution in [-0.4, -0.2) is 79.6 Å². The highest BCUT2D eigenvalue weighted by Gasteiger charge is 2.78. The second-order valence-electron chi connectivity index (χ2n) is 15.2. The minimum atomic E-state index is -0.827. The molecule has 0 aliphatic carbocycles. The standard InChI is InChI=1S/C37H54N2O5S/c1-9-11-12-16-22-44-33(43)29-28-31(41)39(27(24-40)23-26-17-14-13-15-18-26)30(37(28)20-19-36(29,8)45-37)32(42)38(21-10-2)35(6,7)25-34(3,4)5/h9-10,13-15,17-18,27-30,40H,1-2,11-12,16,19-25H2,3-8H3/t27-,28+,29-,30?,36+,37?/m1/s1. The van der Waals surface area contributed by atoms with Gasteiger partial charge in [-0.3, -0.25) is 14.4 Å². The average Bonchev–Trinajstić information content (AvgIpc) is 3.54. The van der Waals surface area contributed by atoms with Crippen LogP contribution in [0.5, 0.6) is 0 Å². The van der Waals surface area contributed by atoms with Crippen LogP contribution in [0, 0.1) is 17.3 Å². The zero-order chi connectivity index (χ0) is 33.2. The molecule has 7 nitrogen and oxygen atoms in total. The van der Waals surface area contributed by atoms with Crippen LogP contribution in [0.15, 0.2) is 55.6 Å². The molecule has 248 valence electrons. The van der Waals surface area contributed by atoms with Crippen molar-refractivity contribution in [3.8, 4) is 0 Å². The van der Waals surface area contributed by atoms with Crippen molar-refractivity contribution in [1.82, 2.24) is 9.80 Å².